The first-order chi connectivity index (χ1) is 8.54. The molecule has 1 aliphatic rings. The minimum atomic E-state index is -3.41. The maximum absolute atomic E-state index is 12.3. The van der Waals surface area contributed by atoms with Crippen LogP contribution in [0.1, 0.15) is 13.3 Å². The molecule has 5 nitrogen and oxygen atoms in total. The highest BCUT2D eigenvalue weighted by Gasteiger charge is 2.30. The van der Waals surface area contributed by atoms with Crippen molar-refractivity contribution in [3.63, 3.8) is 0 Å². The molecule has 0 radical (unpaired) electrons. The van der Waals surface area contributed by atoms with E-state index in [-0.39, 0.29) is 6.04 Å². The van der Waals surface area contributed by atoms with E-state index < -0.39 is 10.0 Å². The zero-order valence-corrected chi connectivity index (χ0v) is 11.2. The van der Waals surface area contributed by atoms with Crippen LogP contribution in [0.3, 0.4) is 0 Å². The third kappa shape index (κ3) is 2.66. The van der Waals surface area contributed by atoms with Crippen molar-refractivity contribution in [2.24, 2.45) is 5.73 Å². The van der Waals surface area contributed by atoms with Gasteiger partial charge in [0.25, 0.3) is 0 Å². The number of nitrogens with two attached hydrogens (primary N) is 1. The van der Waals surface area contributed by atoms with E-state index in [0.29, 0.717) is 30.3 Å². The first-order valence-electron chi connectivity index (χ1n) is 6.02. The molecule has 1 fully saturated rings. The summed E-state index contributed by atoms with van der Waals surface area (Å²) < 4.78 is 31.3. The summed E-state index contributed by atoms with van der Waals surface area (Å²) >= 11 is 0. The first-order valence-corrected chi connectivity index (χ1v) is 7.46. The molecular formula is C12H18N2O3S. The smallest absolute Gasteiger partial charge is 0.243 e. The second-order valence-electron chi connectivity index (χ2n) is 4.32. The lowest BCUT2D eigenvalue weighted by Gasteiger charge is -2.16. The van der Waals surface area contributed by atoms with Crippen molar-refractivity contribution in [3.8, 4) is 5.75 Å². The molecule has 0 amide bonds. The molecule has 0 aromatic heterocycles. The summed E-state index contributed by atoms with van der Waals surface area (Å²) in [5.74, 6) is 0.676. The van der Waals surface area contributed by atoms with Gasteiger partial charge in [0, 0.05) is 19.1 Å². The molecule has 6 heteroatoms. The van der Waals surface area contributed by atoms with Crippen LogP contribution in [0.5, 0.6) is 5.75 Å². The molecule has 1 aromatic carbocycles. The quantitative estimate of drug-likeness (QED) is 0.878. The molecule has 0 spiro atoms. The molecule has 0 saturated carbocycles. The van der Waals surface area contributed by atoms with E-state index in [0.717, 1.165) is 6.42 Å². The van der Waals surface area contributed by atoms with Gasteiger partial charge >= 0.3 is 0 Å². The van der Waals surface area contributed by atoms with Crippen molar-refractivity contribution in [1.29, 1.82) is 0 Å². The summed E-state index contributed by atoms with van der Waals surface area (Å²) in [6.07, 6.45) is 0.719. The summed E-state index contributed by atoms with van der Waals surface area (Å²) in [5.41, 5.74) is 5.74. The predicted octanol–water partition coefficient (Wildman–Crippen LogP) is 0.807. The van der Waals surface area contributed by atoms with Crippen LogP contribution in [-0.4, -0.2) is 38.5 Å². The van der Waals surface area contributed by atoms with Gasteiger partial charge in [0.05, 0.1) is 11.5 Å². The lowest BCUT2D eigenvalue weighted by molar-refractivity contribution is 0.340. The zero-order chi connectivity index (χ0) is 13.2. The van der Waals surface area contributed by atoms with E-state index in [2.05, 4.69) is 0 Å². The van der Waals surface area contributed by atoms with Gasteiger partial charge in [0.2, 0.25) is 10.0 Å². The number of nitrogens with zero attached hydrogens (tertiary/aromatic N) is 1. The molecule has 1 atom stereocenters. The van der Waals surface area contributed by atoms with Crippen molar-refractivity contribution in [1.82, 2.24) is 4.31 Å². The Hall–Kier alpha value is -1.11. The van der Waals surface area contributed by atoms with Crippen molar-refractivity contribution in [2.45, 2.75) is 24.3 Å². The molecule has 2 rings (SSSR count). The molecule has 1 heterocycles. The minimum absolute atomic E-state index is 0.0533. The fraction of sp³-hybridized carbons (Fsp3) is 0.500. The largest absolute Gasteiger partial charge is 0.494 e. The van der Waals surface area contributed by atoms with Crippen LogP contribution in [0.15, 0.2) is 29.2 Å². The normalized spacial score (nSPS) is 21.1. The number of ether oxygens (including phenoxy) is 1. The second-order valence-corrected chi connectivity index (χ2v) is 6.25. The monoisotopic (exact) mass is 270 g/mol. The highest BCUT2D eigenvalue weighted by atomic mass is 32.2. The van der Waals surface area contributed by atoms with Crippen LogP contribution in [0.2, 0.25) is 0 Å². The molecule has 2 N–H and O–H groups in total. The molecular weight excluding hydrogens is 252 g/mol. The van der Waals surface area contributed by atoms with Crippen LogP contribution in [0.4, 0.5) is 0 Å². The Labute approximate surface area is 108 Å². The fourth-order valence-corrected chi connectivity index (χ4v) is 3.51. The summed E-state index contributed by atoms with van der Waals surface area (Å²) in [4.78, 5) is 0.292. The van der Waals surface area contributed by atoms with Gasteiger partial charge in [-0.3, -0.25) is 0 Å². The highest BCUT2D eigenvalue weighted by Crippen LogP contribution is 2.22. The summed E-state index contributed by atoms with van der Waals surface area (Å²) in [7, 11) is -3.41. The topological polar surface area (TPSA) is 72.6 Å². The van der Waals surface area contributed by atoms with E-state index in [9.17, 15) is 8.42 Å². The van der Waals surface area contributed by atoms with Crippen molar-refractivity contribution in [3.05, 3.63) is 24.3 Å². The highest BCUT2D eigenvalue weighted by molar-refractivity contribution is 7.89. The molecule has 100 valence electrons. The fourth-order valence-electron chi connectivity index (χ4n) is 2.00. The Balaban J connectivity index is 2.19. The van der Waals surface area contributed by atoms with Gasteiger partial charge in [0.1, 0.15) is 5.75 Å². The molecule has 18 heavy (non-hydrogen) atoms. The van der Waals surface area contributed by atoms with Gasteiger partial charge < -0.3 is 10.5 Å². The number of sulfonamides is 1. The van der Waals surface area contributed by atoms with Crippen LogP contribution >= 0.6 is 0 Å². The van der Waals surface area contributed by atoms with E-state index in [1.165, 1.54) is 4.31 Å². The molecule has 1 saturated heterocycles. The second kappa shape index (κ2) is 5.26. The number of rotatable bonds is 4. The maximum Gasteiger partial charge on any atom is 0.243 e. The number of hydrogen-bond donors (Lipinski definition) is 1. The van der Waals surface area contributed by atoms with Gasteiger partial charge in [-0.05, 0) is 37.6 Å². The Bertz CT molecular complexity index is 499. The predicted molar refractivity (Wildman–Crippen MR) is 69.0 cm³/mol. The van der Waals surface area contributed by atoms with Gasteiger partial charge in [0.15, 0.2) is 0 Å². The molecule has 0 bridgehead atoms. The Morgan fingerprint density at radius 1 is 1.39 bits per heavy atom. The van der Waals surface area contributed by atoms with Gasteiger partial charge in [-0.15, -0.1) is 0 Å². The maximum atomic E-state index is 12.3. The third-order valence-corrected chi connectivity index (χ3v) is 4.84. The summed E-state index contributed by atoms with van der Waals surface area (Å²) in [5, 5.41) is 0. The molecule has 1 aromatic rings. The third-order valence-electron chi connectivity index (χ3n) is 2.96. The van der Waals surface area contributed by atoms with Crippen molar-refractivity contribution in [2.75, 3.05) is 19.7 Å². The number of hydrogen-bond acceptors (Lipinski definition) is 4. The Morgan fingerprint density at radius 2 is 2.06 bits per heavy atom. The summed E-state index contributed by atoms with van der Waals surface area (Å²) in [6.45, 7) is 3.34. The average Bonchev–Trinajstić information content (AvgIpc) is 2.78. The molecule has 1 aliphatic heterocycles. The van der Waals surface area contributed by atoms with E-state index >= 15 is 0 Å². The Morgan fingerprint density at radius 3 is 2.56 bits per heavy atom. The van der Waals surface area contributed by atoms with Crippen LogP contribution < -0.4 is 10.5 Å². The SMILES string of the molecule is CCOc1ccc(S(=O)(=O)N2CC[C@@H](N)C2)cc1. The van der Waals surface area contributed by atoms with Crippen molar-refractivity contribution >= 4 is 10.0 Å². The van der Waals surface area contributed by atoms with Gasteiger partial charge in [-0.1, -0.05) is 0 Å². The van der Waals surface area contributed by atoms with Crippen LogP contribution in [-0.2, 0) is 10.0 Å². The average molecular weight is 270 g/mol. The van der Waals surface area contributed by atoms with Crippen LogP contribution in [0.25, 0.3) is 0 Å². The molecule has 0 unspecified atom stereocenters. The number of benzene rings is 1. The van der Waals surface area contributed by atoms with Crippen molar-refractivity contribution < 1.29 is 13.2 Å². The Kier molecular flexibility index (Phi) is 3.89. The zero-order valence-electron chi connectivity index (χ0n) is 10.4. The van der Waals surface area contributed by atoms with E-state index in [1.54, 1.807) is 24.3 Å². The van der Waals surface area contributed by atoms with Gasteiger partial charge in [-0.2, -0.15) is 4.31 Å². The minimum Gasteiger partial charge on any atom is -0.494 e. The van der Waals surface area contributed by atoms with E-state index in [4.69, 9.17) is 10.5 Å². The summed E-state index contributed by atoms with van der Waals surface area (Å²) in [6, 6.07) is 6.44. The first kappa shape index (κ1) is 13.3. The van der Waals surface area contributed by atoms with E-state index in [1.807, 2.05) is 6.92 Å². The lowest BCUT2D eigenvalue weighted by atomic mass is 10.3. The lowest BCUT2D eigenvalue weighted by Crippen LogP contribution is -2.31. The standard InChI is InChI=1S/C12H18N2O3S/c1-2-17-11-3-5-12(6-4-11)18(15,16)14-8-7-10(13)9-14/h3-6,10H,2,7-9,13H2,1H3/t10-/m1/s1. The molecule has 0 aliphatic carbocycles. The van der Waals surface area contributed by atoms with Crippen LogP contribution in [0, 0.1) is 0 Å². The van der Waals surface area contributed by atoms with Gasteiger partial charge in [-0.25, -0.2) is 8.42 Å².